The van der Waals surface area contributed by atoms with E-state index in [1.54, 1.807) is 6.92 Å². The molecule has 0 heterocycles. The average molecular weight is 296 g/mol. The molecule has 3 nitrogen and oxygen atoms in total. The highest BCUT2D eigenvalue weighted by molar-refractivity contribution is 6.33. The predicted octanol–water partition coefficient (Wildman–Crippen LogP) is 3.72. The zero-order valence-corrected chi connectivity index (χ0v) is 10.9. The molecule has 0 amide bonds. The van der Waals surface area contributed by atoms with Crippen LogP contribution < -0.4 is 5.32 Å². The molecular formula is C12H13ClF3NO2. The predicted molar refractivity (Wildman–Crippen MR) is 66.2 cm³/mol. The summed E-state index contributed by atoms with van der Waals surface area (Å²) >= 11 is 5.73. The van der Waals surface area contributed by atoms with Gasteiger partial charge in [-0.05, 0) is 19.1 Å². The second-order valence-electron chi connectivity index (χ2n) is 3.64. The van der Waals surface area contributed by atoms with Gasteiger partial charge in [0.1, 0.15) is 0 Å². The fourth-order valence-electron chi connectivity index (χ4n) is 1.46. The smallest absolute Gasteiger partial charge is 0.418 e. The van der Waals surface area contributed by atoms with Crippen molar-refractivity contribution in [2.75, 3.05) is 18.5 Å². The van der Waals surface area contributed by atoms with Crippen LogP contribution in [0.2, 0.25) is 5.02 Å². The van der Waals surface area contributed by atoms with Crippen LogP contribution in [0.3, 0.4) is 0 Å². The van der Waals surface area contributed by atoms with E-state index in [0.717, 1.165) is 6.07 Å². The molecule has 0 spiro atoms. The maximum atomic E-state index is 12.7. The van der Waals surface area contributed by atoms with Crippen LogP contribution in [0.5, 0.6) is 0 Å². The summed E-state index contributed by atoms with van der Waals surface area (Å²) in [6.45, 7) is 1.91. The van der Waals surface area contributed by atoms with Crippen LogP contribution in [0.4, 0.5) is 18.9 Å². The van der Waals surface area contributed by atoms with Crippen molar-refractivity contribution in [1.82, 2.24) is 0 Å². The number of esters is 1. The number of para-hydroxylation sites is 1. The van der Waals surface area contributed by atoms with Crippen LogP contribution in [-0.4, -0.2) is 19.1 Å². The highest BCUT2D eigenvalue weighted by Crippen LogP contribution is 2.38. The highest BCUT2D eigenvalue weighted by atomic mass is 35.5. The molecule has 0 aromatic heterocycles. The first-order chi connectivity index (χ1) is 8.86. The summed E-state index contributed by atoms with van der Waals surface area (Å²) in [6, 6.07) is 3.50. The van der Waals surface area contributed by atoms with Gasteiger partial charge in [-0.2, -0.15) is 13.2 Å². The van der Waals surface area contributed by atoms with Gasteiger partial charge < -0.3 is 10.1 Å². The summed E-state index contributed by atoms with van der Waals surface area (Å²) in [5.41, 5.74) is -1.08. The Hall–Kier alpha value is -1.43. The standard InChI is InChI=1S/C12H13ClF3NO2/c1-2-19-10(18)6-7-17-11-8(12(14,15)16)4-3-5-9(11)13/h3-5,17H,2,6-7H2,1H3. The largest absolute Gasteiger partial charge is 0.466 e. The van der Waals surface area contributed by atoms with Crippen molar-refractivity contribution in [1.29, 1.82) is 0 Å². The summed E-state index contributed by atoms with van der Waals surface area (Å²) in [5.74, 6) is -0.476. The van der Waals surface area contributed by atoms with Gasteiger partial charge in [-0.3, -0.25) is 4.79 Å². The van der Waals surface area contributed by atoms with Crippen molar-refractivity contribution in [3.63, 3.8) is 0 Å². The number of anilines is 1. The van der Waals surface area contributed by atoms with Gasteiger partial charge in [-0.25, -0.2) is 0 Å². The van der Waals surface area contributed by atoms with E-state index < -0.39 is 17.7 Å². The summed E-state index contributed by atoms with van der Waals surface area (Å²) in [7, 11) is 0. The zero-order valence-electron chi connectivity index (χ0n) is 10.2. The summed E-state index contributed by atoms with van der Waals surface area (Å²) < 4.78 is 42.9. The lowest BCUT2D eigenvalue weighted by Gasteiger charge is -2.15. The number of alkyl halides is 3. The zero-order chi connectivity index (χ0) is 14.5. The number of benzene rings is 1. The minimum Gasteiger partial charge on any atom is -0.466 e. The molecule has 0 aliphatic carbocycles. The number of ether oxygens (including phenoxy) is 1. The van der Waals surface area contributed by atoms with Crippen molar-refractivity contribution in [2.45, 2.75) is 19.5 Å². The van der Waals surface area contributed by atoms with Crippen molar-refractivity contribution in [3.8, 4) is 0 Å². The Morgan fingerprint density at radius 1 is 1.42 bits per heavy atom. The molecule has 0 fully saturated rings. The van der Waals surface area contributed by atoms with E-state index in [1.807, 2.05) is 0 Å². The van der Waals surface area contributed by atoms with Crippen molar-refractivity contribution in [2.24, 2.45) is 0 Å². The van der Waals surface area contributed by atoms with Gasteiger partial charge in [-0.15, -0.1) is 0 Å². The molecule has 7 heteroatoms. The molecule has 19 heavy (non-hydrogen) atoms. The van der Waals surface area contributed by atoms with Gasteiger partial charge in [0.2, 0.25) is 0 Å². The van der Waals surface area contributed by atoms with Crippen molar-refractivity contribution < 1.29 is 22.7 Å². The van der Waals surface area contributed by atoms with E-state index in [9.17, 15) is 18.0 Å². The molecule has 0 unspecified atom stereocenters. The number of hydrogen-bond donors (Lipinski definition) is 1. The van der Waals surface area contributed by atoms with E-state index in [-0.39, 0.29) is 30.3 Å². The molecule has 0 bridgehead atoms. The number of carbonyl (C=O) groups excluding carboxylic acids is 1. The van der Waals surface area contributed by atoms with Crippen molar-refractivity contribution in [3.05, 3.63) is 28.8 Å². The van der Waals surface area contributed by atoms with Crippen LogP contribution in [0.15, 0.2) is 18.2 Å². The van der Waals surface area contributed by atoms with Gasteiger partial charge >= 0.3 is 12.1 Å². The van der Waals surface area contributed by atoms with Crippen LogP contribution in [0, 0.1) is 0 Å². The minimum absolute atomic E-state index is 0.0195. The minimum atomic E-state index is -4.50. The second-order valence-corrected chi connectivity index (χ2v) is 4.05. The first kappa shape index (κ1) is 15.6. The Labute approximate surface area is 113 Å². The fourth-order valence-corrected chi connectivity index (χ4v) is 1.70. The molecule has 0 saturated carbocycles. The fraction of sp³-hybridized carbons (Fsp3) is 0.417. The Morgan fingerprint density at radius 3 is 2.68 bits per heavy atom. The summed E-state index contributed by atoms with van der Waals surface area (Å²) in [4.78, 5) is 11.1. The van der Waals surface area contributed by atoms with E-state index in [0.29, 0.717) is 0 Å². The third-order valence-corrected chi connectivity index (χ3v) is 2.57. The number of hydrogen-bond acceptors (Lipinski definition) is 3. The number of nitrogens with one attached hydrogen (secondary N) is 1. The summed E-state index contributed by atoms with van der Waals surface area (Å²) in [5, 5.41) is 2.48. The lowest BCUT2D eigenvalue weighted by molar-refractivity contribution is -0.142. The molecule has 0 saturated heterocycles. The molecular weight excluding hydrogens is 283 g/mol. The molecule has 1 aromatic rings. The van der Waals surface area contributed by atoms with Gasteiger partial charge in [0.25, 0.3) is 0 Å². The first-order valence-electron chi connectivity index (χ1n) is 5.61. The average Bonchev–Trinajstić information content (AvgIpc) is 2.30. The third kappa shape index (κ3) is 4.63. The van der Waals surface area contributed by atoms with E-state index in [4.69, 9.17) is 11.6 Å². The number of carbonyl (C=O) groups is 1. The van der Waals surface area contributed by atoms with E-state index in [2.05, 4.69) is 10.1 Å². The number of halogens is 4. The Morgan fingerprint density at radius 2 is 2.11 bits per heavy atom. The van der Waals surface area contributed by atoms with Crippen LogP contribution in [-0.2, 0) is 15.7 Å². The van der Waals surface area contributed by atoms with Gasteiger partial charge in [0.15, 0.2) is 0 Å². The highest BCUT2D eigenvalue weighted by Gasteiger charge is 2.34. The third-order valence-electron chi connectivity index (χ3n) is 2.26. The van der Waals surface area contributed by atoms with Crippen LogP contribution in [0.1, 0.15) is 18.9 Å². The first-order valence-corrected chi connectivity index (χ1v) is 5.99. The maximum Gasteiger partial charge on any atom is 0.418 e. The molecule has 0 radical (unpaired) electrons. The Balaban J connectivity index is 2.75. The quantitative estimate of drug-likeness (QED) is 0.841. The molecule has 1 N–H and O–H groups in total. The molecule has 0 aliphatic heterocycles. The molecule has 1 aromatic carbocycles. The Bertz CT molecular complexity index is 449. The van der Waals surface area contributed by atoms with E-state index in [1.165, 1.54) is 12.1 Å². The normalized spacial score (nSPS) is 11.2. The topological polar surface area (TPSA) is 38.3 Å². The van der Waals surface area contributed by atoms with Crippen molar-refractivity contribution >= 4 is 23.3 Å². The molecule has 1 rings (SSSR count). The molecule has 0 atom stereocenters. The van der Waals surface area contributed by atoms with Gasteiger partial charge in [0.05, 0.1) is 29.3 Å². The lowest BCUT2D eigenvalue weighted by atomic mass is 10.1. The summed E-state index contributed by atoms with van der Waals surface area (Å²) in [6.07, 6.45) is -4.53. The number of rotatable bonds is 5. The molecule has 0 aliphatic rings. The lowest BCUT2D eigenvalue weighted by Crippen LogP contribution is -2.15. The molecule has 106 valence electrons. The van der Waals surface area contributed by atoms with Crippen LogP contribution >= 0.6 is 11.6 Å². The monoisotopic (exact) mass is 295 g/mol. The SMILES string of the molecule is CCOC(=O)CCNc1c(Cl)cccc1C(F)(F)F. The Kier molecular flexibility index (Phi) is 5.47. The van der Waals surface area contributed by atoms with E-state index >= 15 is 0 Å². The maximum absolute atomic E-state index is 12.7. The second kappa shape index (κ2) is 6.65. The van der Waals surface area contributed by atoms with Gasteiger partial charge in [-0.1, -0.05) is 17.7 Å². The van der Waals surface area contributed by atoms with Gasteiger partial charge in [0, 0.05) is 6.54 Å². The van der Waals surface area contributed by atoms with Crippen LogP contribution in [0.25, 0.3) is 0 Å².